The van der Waals surface area contributed by atoms with Gasteiger partial charge >= 0.3 is 5.97 Å². The predicted octanol–water partition coefficient (Wildman–Crippen LogP) is 4.79. The van der Waals surface area contributed by atoms with E-state index in [1.807, 2.05) is 4.57 Å². The summed E-state index contributed by atoms with van der Waals surface area (Å²) in [5, 5.41) is 0. The summed E-state index contributed by atoms with van der Waals surface area (Å²) in [6, 6.07) is 10.3. The van der Waals surface area contributed by atoms with E-state index in [0.717, 1.165) is 12.3 Å². The van der Waals surface area contributed by atoms with E-state index in [1.54, 1.807) is 30.7 Å². The summed E-state index contributed by atoms with van der Waals surface area (Å²) >= 11 is 0. The third kappa shape index (κ3) is 6.44. The first kappa shape index (κ1) is 27.4. The Balaban J connectivity index is 1.79. The van der Waals surface area contributed by atoms with E-state index in [4.69, 9.17) is 19.2 Å². The van der Waals surface area contributed by atoms with E-state index in [1.165, 1.54) is 31.4 Å². The molecule has 0 aliphatic rings. The maximum atomic E-state index is 12.7. The van der Waals surface area contributed by atoms with Crippen LogP contribution in [-0.4, -0.2) is 62.0 Å². The number of fused-ring (bicyclic) bond motifs is 1. The van der Waals surface area contributed by atoms with Crippen molar-refractivity contribution in [2.75, 3.05) is 20.0 Å². The normalized spacial score (nSPS) is 12.0. The van der Waals surface area contributed by atoms with Gasteiger partial charge < -0.3 is 14.2 Å². The lowest BCUT2D eigenvalue weighted by Crippen LogP contribution is -2.22. The molecule has 200 valence electrons. The fourth-order valence-electron chi connectivity index (χ4n) is 3.66. The molecule has 4 rings (SSSR count). The van der Waals surface area contributed by atoms with Crippen molar-refractivity contribution in [2.45, 2.75) is 37.3 Å². The van der Waals surface area contributed by atoms with Crippen molar-refractivity contribution < 1.29 is 27.4 Å². The van der Waals surface area contributed by atoms with Crippen LogP contribution in [0.4, 0.5) is 0 Å². The fraction of sp³-hybridized carbons (Fsp3) is 0.308. The van der Waals surface area contributed by atoms with Crippen molar-refractivity contribution in [3.05, 3.63) is 60.6 Å². The minimum Gasteiger partial charge on any atom is -0.465 e. The minimum atomic E-state index is -3.36. The highest BCUT2D eigenvalue weighted by Crippen LogP contribution is 2.33. The molecule has 38 heavy (non-hydrogen) atoms. The molecule has 2 aromatic carbocycles. The number of nitrogens with zero attached hydrogens (tertiary/aromatic N) is 4. The summed E-state index contributed by atoms with van der Waals surface area (Å²) in [6.45, 7) is 7.68. The lowest BCUT2D eigenvalue weighted by molar-refractivity contribution is 0.0598. The summed E-state index contributed by atoms with van der Waals surface area (Å²) < 4.78 is 42.6. The monoisotopic (exact) mass is 554 g/mol. The van der Waals surface area contributed by atoms with Gasteiger partial charge in [-0.25, -0.2) is 23.2 Å². The van der Waals surface area contributed by atoms with E-state index in [9.17, 15) is 13.2 Å². The van der Waals surface area contributed by atoms with Crippen molar-refractivity contribution in [3.63, 3.8) is 0 Å². The second-order valence-corrected chi connectivity index (χ2v) is 17.6. The average Bonchev–Trinajstić information content (AvgIpc) is 3.23. The van der Waals surface area contributed by atoms with Crippen LogP contribution in [-0.2, 0) is 26.0 Å². The maximum Gasteiger partial charge on any atom is 0.341 e. The van der Waals surface area contributed by atoms with Crippen LogP contribution in [0.3, 0.4) is 0 Å². The SMILES string of the molecule is COC(=O)c1cc2nc(-c3cnccn3)n(COCC[Si](C)(C)C)c2cc1Oc1ccc(S(C)(=O)=O)cc1. The van der Waals surface area contributed by atoms with Gasteiger partial charge in [0.05, 0.1) is 29.2 Å². The van der Waals surface area contributed by atoms with E-state index >= 15 is 0 Å². The van der Waals surface area contributed by atoms with E-state index in [-0.39, 0.29) is 22.9 Å². The quantitative estimate of drug-likeness (QED) is 0.155. The van der Waals surface area contributed by atoms with Gasteiger partial charge in [0.2, 0.25) is 0 Å². The number of methoxy groups -OCH3 is 1. The smallest absolute Gasteiger partial charge is 0.341 e. The molecule has 0 amide bonds. The van der Waals surface area contributed by atoms with Crippen LogP contribution >= 0.6 is 0 Å². The van der Waals surface area contributed by atoms with Crippen molar-refractivity contribution in [3.8, 4) is 23.0 Å². The van der Waals surface area contributed by atoms with Crippen LogP contribution in [0.2, 0.25) is 25.7 Å². The second-order valence-electron chi connectivity index (χ2n) is 9.98. The summed E-state index contributed by atoms with van der Waals surface area (Å²) in [5.74, 6) is 0.516. The lowest BCUT2D eigenvalue weighted by Gasteiger charge is -2.16. The summed E-state index contributed by atoms with van der Waals surface area (Å²) in [4.78, 5) is 26.1. The van der Waals surface area contributed by atoms with Crippen LogP contribution in [0.15, 0.2) is 59.9 Å². The molecule has 0 bridgehead atoms. The Morgan fingerprint density at radius 2 is 1.82 bits per heavy atom. The zero-order chi connectivity index (χ0) is 27.5. The number of hydrogen-bond donors (Lipinski definition) is 0. The van der Waals surface area contributed by atoms with Crippen molar-refractivity contribution >= 4 is 34.9 Å². The molecule has 4 aromatic rings. The largest absolute Gasteiger partial charge is 0.465 e. The summed E-state index contributed by atoms with van der Waals surface area (Å²) in [7, 11) is -3.36. The van der Waals surface area contributed by atoms with Gasteiger partial charge in [-0.05, 0) is 36.4 Å². The molecule has 0 atom stereocenters. The molecule has 2 heterocycles. The molecule has 12 heteroatoms. The van der Waals surface area contributed by atoms with Crippen LogP contribution in [0.25, 0.3) is 22.6 Å². The average molecular weight is 555 g/mol. The van der Waals surface area contributed by atoms with E-state index in [2.05, 4.69) is 29.6 Å². The van der Waals surface area contributed by atoms with Crippen molar-refractivity contribution in [1.82, 2.24) is 19.5 Å². The second kappa shape index (κ2) is 11.0. The van der Waals surface area contributed by atoms with E-state index < -0.39 is 23.9 Å². The van der Waals surface area contributed by atoms with Gasteiger partial charge in [-0.2, -0.15) is 0 Å². The number of benzene rings is 2. The molecular formula is C26H30N4O6SSi. The fourth-order valence-corrected chi connectivity index (χ4v) is 5.05. The molecule has 0 aliphatic heterocycles. The van der Waals surface area contributed by atoms with Gasteiger partial charge in [-0.3, -0.25) is 9.55 Å². The first-order valence-electron chi connectivity index (χ1n) is 11.9. The number of esters is 1. The van der Waals surface area contributed by atoms with Crippen LogP contribution in [0, 0.1) is 0 Å². The predicted molar refractivity (Wildman–Crippen MR) is 146 cm³/mol. The molecule has 2 aromatic heterocycles. The Bertz CT molecular complexity index is 1550. The number of carbonyl (C=O) groups is 1. The Morgan fingerprint density at radius 3 is 2.42 bits per heavy atom. The van der Waals surface area contributed by atoms with Crippen LogP contribution in [0.5, 0.6) is 11.5 Å². The number of hydrogen-bond acceptors (Lipinski definition) is 9. The highest BCUT2D eigenvalue weighted by molar-refractivity contribution is 7.90. The molecular weight excluding hydrogens is 524 g/mol. The Kier molecular flexibility index (Phi) is 7.95. The van der Waals surface area contributed by atoms with Crippen molar-refractivity contribution in [1.29, 1.82) is 0 Å². The number of imidazole rings is 1. The zero-order valence-corrected chi connectivity index (χ0v) is 23.8. The molecule has 0 aliphatic carbocycles. The first-order valence-corrected chi connectivity index (χ1v) is 17.5. The molecule has 0 unspecified atom stereocenters. The molecule has 0 spiro atoms. The van der Waals surface area contributed by atoms with Gasteiger partial charge in [0.1, 0.15) is 29.5 Å². The third-order valence-electron chi connectivity index (χ3n) is 5.74. The topological polar surface area (TPSA) is 122 Å². The van der Waals surface area contributed by atoms with Crippen LogP contribution < -0.4 is 4.74 Å². The molecule has 10 nitrogen and oxygen atoms in total. The number of sulfone groups is 1. The van der Waals surface area contributed by atoms with Gasteiger partial charge in [0.15, 0.2) is 15.7 Å². The summed E-state index contributed by atoms with van der Waals surface area (Å²) in [6.07, 6.45) is 5.91. The molecule has 0 radical (unpaired) electrons. The molecule has 0 fully saturated rings. The number of carbonyl (C=O) groups excluding carboxylic acids is 1. The van der Waals surface area contributed by atoms with Gasteiger partial charge in [0.25, 0.3) is 0 Å². The molecule has 0 saturated heterocycles. The Morgan fingerprint density at radius 1 is 1.08 bits per heavy atom. The van der Waals surface area contributed by atoms with Gasteiger partial charge in [-0.15, -0.1) is 0 Å². The van der Waals surface area contributed by atoms with E-state index in [0.29, 0.717) is 34.9 Å². The number of rotatable bonds is 10. The standard InChI is InChI=1S/C26H30N4O6SSi/c1-34-26(31)20-14-21-23(15-24(20)36-18-6-8-19(9-7-18)37(2,32)33)30(17-35-12-13-38(3,4)5)25(29-21)22-16-27-10-11-28-22/h6-11,14-16H,12-13,17H2,1-5H3. The highest BCUT2D eigenvalue weighted by atomic mass is 32.2. The van der Waals surface area contributed by atoms with Crippen molar-refractivity contribution in [2.24, 2.45) is 0 Å². The molecule has 0 saturated carbocycles. The first-order chi connectivity index (χ1) is 18.0. The molecule has 0 N–H and O–H groups in total. The zero-order valence-electron chi connectivity index (χ0n) is 22.0. The van der Waals surface area contributed by atoms with Crippen LogP contribution in [0.1, 0.15) is 10.4 Å². The lowest BCUT2D eigenvalue weighted by atomic mass is 10.1. The highest BCUT2D eigenvalue weighted by Gasteiger charge is 2.22. The summed E-state index contributed by atoms with van der Waals surface area (Å²) in [5.41, 5.74) is 1.91. The Hall–Kier alpha value is -3.61. The number of ether oxygens (including phenoxy) is 3. The number of aromatic nitrogens is 4. The Labute approximate surface area is 222 Å². The third-order valence-corrected chi connectivity index (χ3v) is 8.58. The minimum absolute atomic E-state index is 0.163. The van der Waals surface area contributed by atoms with Gasteiger partial charge in [-0.1, -0.05) is 19.6 Å². The van der Waals surface area contributed by atoms with Gasteiger partial charge in [0, 0.05) is 39.4 Å². The maximum absolute atomic E-state index is 12.7.